The molecule has 1 rings (SSSR count). The molecule has 0 aliphatic heterocycles. The molecule has 0 unspecified atom stereocenters. The van der Waals surface area contributed by atoms with Crippen molar-refractivity contribution in [3.63, 3.8) is 0 Å². The first kappa shape index (κ1) is 13.5. The third-order valence-electron chi connectivity index (χ3n) is 2.06. The fraction of sp³-hybridized carbons (Fsp3) is 0.364. The summed E-state index contributed by atoms with van der Waals surface area (Å²) in [5.74, 6) is -0.207. The van der Waals surface area contributed by atoms with Gasteiger partial charge >= 0.3 is 5.97 Å². The average Bonchev–Trinajstić information content (AvgIpc) is 2.34. The smallest absolute Gasteiger partial charge is 0.335 e. The van der Waals surface area contributed by atoms with E-state index in [4.69, 9.17) is 5.11 Å². The van der Waals surface area contributed by atoms with Gasteiger partial charge in [0.05, 0.1) is 10.6 Å². The lowest BCUT2D eigenvalue weighted by atomic mass is 10.3. The number of pyridine rings is 1. The first-order valence-electron chi connectivity index (χ1n) is 5.16. The van der Waals surface area contributed by atoms with E-state index in [0.717, 1.165) is 12.2 Å². The summed E-state index contributed by atoms with van der Waals surface area (Å²) >= 11 is 1.45. The van der Waals surface area contributed by atoms with Crippen LogP contribution in [0.3, 0.4) is 0 Å². The molecule has 0 spiro atoms. The van der Waals surface area contributed by atoms with Crippen molar-refractivity contribution in [1.29, 1.82) is 0 Å². The minimum atomic E-state index is -0.959. The Morgan fingerprint density at radius 3 is 2.94 bits per heavy atom. The summed E-state index contributed by atoms with van der Waals surface area (Å²) in [5.41, 5.74) is 0.230. The summed E-state index contributed by atoms with van der Waals surface area (Å²) in [4.78, 5) is 25.7. The highest BCUT2D eigenvalue weighted by atomic mass is 32.2. The van der Waals surface area contributed by atoms with Gasteiger partial charge in [0.1, 0.15) is 0 Å². The number of aromatic nitrogens is 1. The number of rotatable bonds is 6. The molecule has 1 aromatic heterocycles. The monoisotopic (exact) mass is 254 g/mol. The van der Waals surface area contributed by atoms with Crippen LogP contribution < -0.4 is 5.32 Å². The Hall–Kier alpha value is -1.56. The molecule has 5 nitrogen and oxygen atoms in total. The second kappa shape index (κ2) is 6.90. The number of thioether (sulfide) groups is 1. The van der Waals surface area contributed by atoms with Gasteiger partial charge in [0.15, 0.2) is 0 Å². The molecule has 6 heteroatoms. The van der Waals surface area contributed by atoms with Crippen molar-refractivity contribution in [2.45, 2.75) is 17.9 Å². The molecule has 0 fully saturated rings. The van der Waals surface area contributed by atoms with Gasteiger partial charge in [-0.15, -0.1) is 11.8 Å². The van der Waals surface area contributed by atoms with Crippen molar-refractivity contribution >= 4 is 23.6 Å². The highest BCUT2D eigenvalue weighted by molar-refractivity contribution is 7.99. The fourth-order valence-electron chi connectivity index (χ4n) is 1.16. The van der Waals surface area contributed by atoms with Crippen molar-refractivity contribution in [3.8, 4) is 0 Å². The van der Waals surface area contributed by atoms with E-state index >= 15 is 0 Å². The van der Waals surface area contributed by atoms with Crippen LogP contribution in [-0.2, 0) is 4.79 Å². The number of carbonyl (C=O) groups excluding carboxylic acids is 1. The topological polar surface area (TPSA) is 79.3 Å². The van der Waals surface area contributed by atoms with E-state index in [2.05, 4.69) is 10.3 Å². The van der Waals surface area contributed by atoms with Crippen LogP contribution in [0.25, 0.3) is 0 Å². The molecule has 0 saturated carbocycles. The van der Waals surface area contributed by atoms with Crippen LogP contribution in [0.2, 0.25) is 0 Å². The van der Waals surface area contributed by atoms with Gasteiger partial charge in [-0.1, -0.05) is 0 Å². The van der Waals surface area contributed by atoms with Crippen molar-refractivity contribution < 1.29 is 14.7 Å². The quantitative estimate of drug-likeness (QED) is 0.592. The molecular formula is C11H14N2O3S. The van der Waals surface area contributed by atoms with E-state index in [9.17, 15) is 9.59 Å². The van der Waals surface area contributed by atoms with Crippen LogP contribution >= 0.6 is 11.8 Å². The highest BCUT2D eigenvalue weighted by Gasteiger charge is 2.05. The van der Waals surface area contributed by atoms with E-state index in [-0.39, 0.29) is 11.5 Å². The predicted octanol–water partition coefficient (Wildman–Crippen LogP) is 1.40. The van der Waals surface area contributed by atoms with Gasteiger partial charge in [0, 0.05) is 19.7 Å². The molecule has 1 amide bonds. The molecule has 0 aliphatic rings. The average molecular weight is 254 g/mol. The minimum absolute atomic E-state index is 0.0119. The molecule has 17 heavy (non-hydrogen) atoms. The first-order valence-corrected chi connectivity index (χ1v) is 6.14. The number of carboxylic acid groups (broad SMARTS) is 1. The van der Waals surface area contributed by atoms with Crippen LogP contribution in [0.5, 0.6) is 0 Å². The maximum absolute atomic E-state index is 11.0. The first-order chi connectivity index (χ1) is 8.13. The van der Waals surface area contributed by atoms with E-state index in [0.29, 0.717) is 11.4 Å². The Labute approximate surface area is 104 Å². The van der Waals surface area contributed by atoms with Crippen molar-refractivity contribution in [2.24, 2.45) is 0 Å². The zero-order chi connectivity index (χ0) is 12.7. The standard InChI is InChI=1S/C11H14N2O3S/c1-12-9(14)3-2-6-17-10-7-8(11(15)16)4-5-13-10/h4-5,7H,2-3,6H2,1H3,(H,12,14)(H,15,16). The molecule has 0 atom stereocenters. The molecule has 0 aromatic carbocycles. The summed E-state index contributed by atoms with van der Waals surface area (Å²) in [5, 5.41) is 12.0. The molecule has 1 aromatic rings. The number of nitrogens with one attached hydrogen (secondary N) is 1. The lowest BCUT2D eigenvalue weighted by Crippen LogP contribution is -2.17. The minimum Gasteiger partial charge on any atom is -0.478 e. The summed E-state index contributed by atoms with van der Waals surface area (Å²) in [6.45, 7) is 0. The number of amides is 1. The molecular weight excluding hydrogens is 240 g/mol. The molecule has 2 N–H and O–H groups in total. The third kappa shape index (κ3) is 4.86. The van der Waals surface area contributed by atoms with E-state index in [1.807, 2.05) is 0 Å². The Morgan fingerprint density at radius 2 is 2.29 bits per heavy atom. The largest absolute Gasteiger partial charge is 0.478 e. The maximum atomic E-state index is 11.0. The summed E-state index contributed by atoms with van der Waals surface area (Å²) in [6.07, 6.45) is 2.69. The normalized spacial score (nSPS) is 9.94. The second-order valence-corrected chi connectivity index (χ2v) is 4.43. The van der Waals surface area contributed by atoms with Crippen molar-refractivity contribution in [1.82, 2.24) is 10.3 Å². The molecule has 92 valence electrons. The molecule has 0 radical (unpaired) electrons. The fourth-order valence-corrected chi connectivity index (χ4v) is 2.00. The second-order valence-electron chi connectivity index (χ2n) is 3.31. The number of nitrogens with zero attached hydrogens (tertiary/aromatic N) is 1. The summed E-state index contributed by atoms with van der Waals surface area (Å²) < 4.78 is 0. The van der Waals surface area contributed by atoms with Gasteiger partial charge in [0.25, 0.3) is 0 Å². The third-order valence-corrected chi connectivity index (χ3v) is 3.07. The lowest BCUT2D eigenvalue weighted by molar-refractivity contribution is -0.120. The molecule has 1 heterocycles. The molecule has 0 bridgehead atoms. The number of carboxylic acids is 1. The van der Waals surface area contributed by atoms with E-state index in [1.165, 1.54) is 30.1 Å². The van der Waals surface area contributed by atoms with Crippen LogP contribution in [0, 0.1) is 0 Å². The van der Waals surface area contributed by atoms with Gasteiger partial charge in [0.2, 0.25) is 5.91 Å². The zero-order valence-electron chi connectivity index (χ0n) is 9.47. The maximum Gasteiger partial charge on any atom is 0.335 e. The van der Waals surface area contributed by atoms with E-state index < -0.39 is 5.97 Å². The summed E-state index contributed by atoms with van der Waals surface area (Å²) in [6, 6.07) is 2.99. The number of carbonyl (C=O) groups is 2. The van der Waals surface area contributed by atoms with Gasteiger partial charge < -0.3 is 10.4 Å². The van der Waals surface area contributed by atoms with Crippen molar-refractivity contribution in [3.05, 3.63) is 23.9 Å². The van der Waals surface area contributed by atoms with Gasteiger partial charge in [-0.3, -0.25) is 4.79 Å². The summed E-state index contributed by atoms with van der Waals surface area (Å²) in [7, 11) is 1.60. The molecule has 0 saturated heterocycles. The number of hydrogen-bond donors (Lipinski definition) is 2. The highest BCUT2D eigenvalue weighted by Crippen LogP contribution is 2.17. The van der Waals surface area contributed by atoms with Gasteiger partial charge in [-0.25, -0.2) is 9.78 Å². The van der Waals surface area contributed by atoms with Crippen LogP contribution in [0.1, 0.15) is 23.2 Å². The SMILES string of the molecule is CNC(=O)CCCSc1cc(C(=O)O)ccn1. The van der Waals surface area contributed by atoms with E-state index in [1.54, 1.807) is 7.05 Å². The van der Waals surface area contributed by atoms with Crippen LogP contribution in [0.15, 0.2) is 23.4 Å². The Balaban J connectivity index is 2.39. The van der Waals surface area contributed by atoms with Crippen molar-refractivity contribution in [2.75, 3.05) is 12.8 Å². The Morgan fingerprint density at radius 1 is 1.53 bits per heavy atom. The Bertz CT molecular complexity index is 409. The number of hydrogen-bond acceptors (Lipinski definition) is 4. The van der Waals surface area contributed by atoms with Crippen LogP contribution in [0.4, 0.5) is 0 Å². The number of aromatic carboxylic acids is 1. The van der Waals surface area contributed by atoms with Gasteiger partial charge in [-0.05, 0) is 24.3 Å². The predicted molar refractivity (Wildman–Crippen MR) is 65.2 cm³/mol. The van der Waals surface area contributed by atoms with Crippen LogP contribution in [-0.4, -0.2) is 34.8 Å². The Kier molecular flexibility index (Phi) is 5.48. The van der Waals surface area contributed by atoms with Gasteiger partial charge in [-0.2, -0.15) is 0 Å². The zero-order valence-corrected chi connectivity index (χ0v) is 10.3. The molecule has 0 aliphatic carbocycles. The lowest BCUT2D eigenvalue weighted by Gasteiger charge is -2.01.